The van der Waals surface area contributed by atoms with Crippen molar-refractivity contribution >= 4 is 20.0 Å². The van der Waals surface area contributed by atoms with E-state index in [0.717, 1.165) is 22.3 Å². The van der Waals surface area contributed by atoms with E-state index in [1.165, 1.54) is 12.5 Å². The number of likely N-dealkylation sites (N-methyl/N-ethyl adjacent to an activating group) is 2. The molecule has 224 valence electrons. The summed E-state index contributed by atoms with van der Waals surface area (Å²) in [5, 5.41) is 6.43. The molecule has 0 spiro atoms. The van der Waals surface area contributed by atoms with E-state index in [9.17, 15) is 16.8 Å². The van der Waals surface area contributed by atoms with Crippen LogP contribution in [0.5, 0.6) is 0 Å². The molecule has 0 saturated heterocycles. The average molecular weight is 609 g/mol. The molecule has 10 heteroatoms. The van der Waals surface area contributed by atoms with Gasteiger partial charge >= 0.3 is 0 Å². The Balaban J connectivity index is 0.000000230. The first-order chi connectivity index (χ1) is 20.0. The molecule has 8 nitrogen and oxygen atoms in total. The second-order valence-corrected chi connectivity index (χ2v) is 13.5. The predicted molar refractivity (Wildman–Crippen MR) is 171 cm³/mol. The lowest BCUT2D eigenvalue weighted by Crippen LogP contribution is -2.36. The van der Waals surface area contributed by atoms with Crippen LogP contribution in [0.15, 0.2) is 121 Å². The van der Waals surface area contributed by atoms with E-state index in [1.807, 2.05) is 135 Å². The lowest BCUT2D eigenvalue weighted by atomic mass is 9.94. The van der Waals surface area contributed by atoms with Gasteiger partial charge in [-0.25, -0.2) is 26.3 Å². The molecule has 0 aliphatic carbocycles. The van der Waals surface area contributed by atoms with Gasteiger partial charge in [0.15, 0.2) is 0 Å². The smallest absolute Gasteiger partial charge is 0.209 e. The Morgan fingerprint density at radius 1 is 0.405 bits per heavy atom. The Labute approximate surface area is 250 Å². The van der Waals surface area contributed by atoms with Gasteiger partial charge in [0.2, 0.25) is 20.0 Å². The fourth-order valence-electron chi connectivity index (χ4n) is 4.81. The molecular weight excluding hydrogens is 569 g/mol. The average Bonchev–Trinajstić information content (AvgIpc) is 2.98. The Bertz CT molecular complexity index is 1440. The first kappa shape index (κ1) is 33.1. The van der Waals surface area contributed by atoms with Gasteiger partial charge in [-0.05, 0) is 36.3 Å². The molecule has 0 bridgehead atoms. The third kappa shape index (κ3) is 10.5. The summed E-state index contributed by atoms with van der Waals surface area (Å²) in [4.78, 5) is 0. The van der Waals surface area contributed by atoms with E-state index >= 15 is 0 Å². The number of hydrogen-bond donors (Lipinski definition) is 4. The lowest BCUT2D eigenvalue weighted by molar-refractivity contribution is 0.452. The zero-order valence-electron chi connectivity index (χ0n) is 24.3. The molecule has 0 amide bonds. The molecule has 4 atom stereocenters. The number of sulfonamides is 2. The van der Waals surface area contributed by atoms with Crippen LogP contribution in [-0.2, 0) is 20.0 Å². The minimum atomic E-state index is -3.32. The molecule has 0 saturated carbocycles. The first-order valence-electron chi connectivity index (χ1n) is 13.5. The van der Waals surface area contributed by atoms with Gasteiger partial charge in [0.25, 0.3) is 0 Å². The third-order valence-corrected chi connectivity index (χ3v) is 7.97. The molecule has 4 rings (SSSR count). The van der Waals surface area contributed by atoms with Crippen molar-refractivity contribution in [2.45, 2.75) is 24.2 Å². The van der Waals surface area contributed by atoms with Crippen molar-refractivity contribution in [3.63, 3.8) is 0 Å². The van der Waals surface area contributed by atoms with Crippen LogP contribution in [0.2, 0.25) is 0 Å². The molecule has 4 N–H and O–H groups in total. The highest BCUT2D eigenvalue weighted by molar-refractivity contribution is 7.89. The highest BCUT2D eigenvalue weighted by Gasteiger charge is 2.27. The molecule has 0 aliphatic rings. The number of rotatable bonds is 12. The van der Waals surface area contributed by atoms with Crippen LogP contribution >= 0.6 is 0 Å². The van der Waals surface area contributed by atoms with Gasteiger partial charge in [0.05, 0.1) is 36.7 Å². The molecular formula is C32H40N4O4S2. The van der Waals surface area contributed by atoms with Gasteiger partial charge in [0.1, 0.15) is 0 Å². The highest BCUT2D eigenvalue weighted by Crippen LogP contribution is 2.30. The summed E-state index contributed by atoms with van der Waals surface area (Å²) in [7, 11) is -2.99. The monoisotopic (exact) mass is 608 g/mol. The quantitative estimate of drug-likeness (QED) is 0.189. The number of hydrogen-bond acceptors (Lipinski definition) is 6. The fraction of sp³-hybridized carbons (Fsp3) is 0.250. The van der Waals surface area contributed by atoms with E-state index in [2.05, 4.69) is 20.1 Å². The van der Waals surface area contributed by atoms with Crippen molar-refractivity contribution in [1.29, 1.82) is 0 Å². The summed E-state index contributed by atoms with van der Waals surface area (Å²) in [6, 6.07) is 37.7. The van der Waals surface area contributed by atoms with Gasteiger partial charge < -0.3 is 10.6 Å². The molecule has 42 heavy (non-hydrogen) atoms. The standard InChI is InChI=1S/2C16H20N2O2S/c2*1-17-15(13-9-5-3-6-10-13)16(18-21(2,19)20)14-11-7-4-8-12-14/h2*3-12,15-18H,1-2H3. The summed E-state index contributed by atoms with van der Waals surface area (Å²) in [5.41, 5.74) is 3.91. The Morgan fingerprint density at radius 3 is 0.810 bits per heavy atom. The molecule has 4 unspecified atom stereocenters. The van der Waals surface area contributed by atoms with E-state index in [-0.39, 0.29) is 24.2 Å². The van der Waals surface area contributed by atoms with Crippen LogP contribution in [0.3, 0.4) is 0 Å². The van der Waals surface area contributed by atoms with Crippen LogP contribution in [0.1, 0.15) is 46.4 Å². The van der Waals surface area contributed by atoms with Crippen LogP contribution in [0.4, 0.5) is 0 Å². The van der Waals surface area contributed by atoms with Gasteiger partial charge in [0, 0.05) is 0 Å². The van der Waals surface area contributed by atoms with Crippen molar-refractivity contribution in [2.24, 2.45) is 0 Å². The van der Waals surface area contributed by atoms with E-state index in [4.69, 9.17) is 0 Å². The Morgan fingerprint density at radius 2 is 0.619 bits per heavy atom. The molecule has 0 aromatic heterocycles. The molecule has 0 heterocycles. The first-order valence-corrected chi connectivity index (χ1v) is 17.3. The van der Waals surface area contributed by atoms with Crippen LogP contribution in [0.25, 0.3) is 0 Å². The minimum Gasteiger partial charge on any atom is -0.311 e. The molecule has 0 radical (unpaired) electrons. The van der Waals surface area contributed by atoms with Crippen molar-refractivity contribution in [3.05, 3.63) is 144 Å². The number of nitrogens with one attached hydrogen (secondary N) is 4. The topological polar surface area (TPSA) is 116 Å². The largest absolute Gasteiger partial charge is 0.311 e. The number of benzene rings is 4. The van der Waals surface area contributed by atoms with Crippen molar-refractivity contribution in [3.8, 4) is 0 Å². The van der Waals surface area contributed by atoms with Crippen LogP contribution in [0, 0.1) is 0 Å². The zero-order valence-corrected chi connectivity index (χ0v) is 25.9. The summed E-state index contributed by atoms with van der Waals surface area (Å²) < 4.78 is 52.4. The van der Waals surface area contributed by atoms with E-state index in [0.29, 0.717) is 0 Å². The second kappa shape index (κ2) is 15.7. The van der Waals surface area contributed by atoms with Crippen LogP contribution in [-0.4, -0.2) is 43.4 Å². The predicted octanol–water partition coefficient (Wildman–Crippen LogP) is 4.48. The molecule has 4 aromatic carbocycles. The summed E-state index contributed by atoms with van der Waals surface area (Å²) in [5.74, 6) is 0. The fourth-order valence-corrected chi connectivity index (χ4v) is 6.28. The second-order valence-electron chi connectivity index (χ2n) is 9.91. The Kier molecular flexibility index (Phi) is 12.4. The molecule has 4 aromatic rings. The molecule has 0 aliphatic heterocycles. The summed E-state index contributed by atoms with van der Waals surface area (Å²) in [6.07, 6.45) is 2.36. The van der Waals surface area contributed by atoms with Gasteiger partial charge in [-0.1, -0.05) is 121 Å². The van der Waals surface area contributed by atoms with E-state index < -0.39 is 20.0 Å². The third-order valence-electron chi connectivity index (χ3n) is 6.61. The van der Waals surface area contributed by atoms with Crippen molar-refractivity contribution in [2.75, 3.05) is 26.6 Å². The highest BCUT2D eigenvalue weighted by atomic mass is 32.2. The SMILES string of the molecule is CNC(c1ccccc1)C(NS(C)(=O)=O)c1ccccc1.CNC(c1ccccc1)C(NS(C)(=O)=O)c1ccccc1. The summed E-state index contributed by atoms with van der Waals surface area (Å²) >= 11 is 0. The lowest BCUT2D eigenvalue weighted by Gasteiger charge is -2.28. The maximum absolute atomic E-state index is 11.7. The normalized spacial score (nSPS) is 14.6. The summed E-state index contributed by atoms with van der Waals surface area (Å²) in [6.45, 7) is 0. The van der Waals surface area contributed by atoms with E-state index in [1.54, 1.807) is 0 Å². The van der Waals surface area contributed by atoms with Crippen LogP contribution < -0.4 is 20.1 Å². The minimum absolute atomic E-state index is 0.150. The maximum atomic E-state index is 11.7. The zero-order chi connectivity index (χ0) is 30.6. The van der Waals surface area contributed by atoms with Gasteiger partial charge in [-0.3, -0.25) is 0 Å². The molecule has 0 fully saturated rings. The van der Waals surface area contributed by atoms with Crippen molar-refractivity contribution < 1.29 is 16.8 Å². The van der Waals surface area contributed by atoms with Gasteiger partial charge in [-0.15, -0.1) is 0 Å². The van der Waals surface area contributed by atoms with Gasteiger partial charge in [-0.2, -0.15) is 0 Å². The maximum Gasteiger partial charge on any atom is 0.209 e. The van der Waals surface area contributed by atoms with Crippen molar-refractivity contribution in [1.82, 2.24) is 20.1 Å². The Hall–Kier alpha value is -3.38.